The summed E-state index contributed by atoms with van der Waals surface area (Å²) in [5.74, 6) is -2.24. The molecule has 3 heterocycles. The van der Waals surface area contributed by atoms with Gasteiger partial charge in [0.05, 0.1) is 30.1 Å². The molecule has 2 fully saturated rings. The van der Waals surface area contributed by atoms with Crippen molar-refractivity contribution in [3.05, 3.63) is 52.5 Å². The number of amides is 5. The second-order valence-corrected chi connectivity index (χ2v) is 18.0. The Kier molecular flexibility index (Phi) is 16.6. The first kappa shape index (κ1) is 45.8. The Balaban J connectivity index is 1.49. The summed E-state index contributed by atoms with van der Waals surface area (Å²) in [5, 5.41) is 8.93. The van der Waals surface area contributed by atoms with E-state index >= 15 is 0 Å². The summed E-state index contributed by atoms with van der Waals surface area (Å²) in [5.41, 5.74) is 1.08. The van der Waals surface area contributed by atoms with Crippen molar-refractivity contribution >= 4 is 40.9 Å². The third-order valence-corrected chi connectivity index (χ3v) is 12.5. The van der Waals surface area contributed by atoms with Crippen LogP contribution in [0.1, 0.15) is 90.8 Å². The average molecular weight is 810 g/mol. The van der Waals surface area contributed by atoms with Gasteiger partial charge in [0, 0.05) is 38.8 Å². The molecule has 13 nitrogen and oxygen atoms in total. The summed E-state index contributed by atoms with van der Waals surface area (Å²) < 4.78 is 6.04. The molecule has 2 aliphatic rings. The summed E-state index contributed by atoms with van der Waals surface area (Å²) in [6.07, 6.45) is 4.33. The van der Waals surface area contributed by atoms with E-state index in [0.29, 0.717) is 38.8 Å². The van der Waals surface area contributed by atoms with E-state index in [9.17, 15) is 24.0 Å². The van der Waals surface area contributed by atoms with Crippen LogP contribution in [-0.4, -0.2) is 132 Å². The van der Waals surface area contributed by atoms with Gasteiger partial charge < -0.3 is 30.1 Å². The second kappa shape index (κ2) is 20.7. The molecule has 0 aliphatic carbocycles. The topological polar surface area (TPSA) is 144 Å². The highest BCUT2D eigenvalue weighted by atomic mass is 32.1. The van der Waals surface area contributed by atoms with Crippen LogP contribution >= 0.6 is 11.3 Å². The van der Waals surface area contributed by atoms with Crippen LogP contribution in [-0.2, 0) is 35.1 Å². The summed E-state index contributed by atoms with van der Waals surface area (Å²) in [4.78, 5) is 81.9. The van der Waals surface area contributed by atoms with Crippen LogP contribution < -0.4 is 10.6 Å². The third kappa shape index (κ3) is 11.0. The SMILES string of the molecule is CO[C@H]([C@@H](C)C(=O)N[C@@H](Cc1ccccc1)c1nccs1)[C@@H]1CCCN1C(=O)[C@@H]1CCCN1C(=O)[C@H](C(C)C)N(C)C(=O)[C@@H](NC(=O)[C@H](C(C)C)N(C)C)C(C)C. The van der Waals surface area contributed by atoms with Gasteiger partial charge in [-0.25, -0.2) is 4.98 Å². The van der Waals surface area contributed by atoms with Gasteiger partial charge in [-0.2, -0.15) is 0 Å². The number of aromatic nitrogens is 1. The van der Waals surface area contributed by atoms with Crippen LogP contribution in [0.15, 0.2) is 41.9 Å². The van der Waals surface area contributed by atoms with Gasteiger partial charge in [0.1, 0.15) is 23.1 Å². The van der Waals surface area contributed by atoms with Gasteiger partial charge in [-0.15, -0.1) is 11.3 Å². The van der Waals surface area contributed by atoms with Crippen molar-refractivity contribution < 1.29 is 28.7 Å². The maximum absolute atomic E-state index is 14.5. The van der Waals surface area contributed by atoms with Crippen molar-refractivity contribution in [2.75, 3.05) is 41.3 Å². The first-order valence-corrected chi connectivity index (χ1v) is 21.5. The number of ether oxygens (including phenoxy) is 1. The number of nitrogens with one attached hydrogen (secondary N) is 2. The predicted octanol–water partition coefficient (Wildman–Crippen LogP) is 4.39. The number of carbonyl (C=O) groups excluding carboxylic acids is 5. The monoisotopic (exact) mass is 809 g/mol. The van der Waals surface area contributed by atoms with E-state index in [1.807, 2.05) is 108 Å². The lowest BCUT2D eigenvalue weighted by Gasteiger charge is -2.39. The van der Waals surface area contributed by atoms with Gasteiger partial charge in [0.15, 0.2) is 0 Å². The highest BCUT2D eigenvalue weighted by Gasteiger charge is 2.47. The standard InChI is InChI=1S/C43H67N7O6S/c1-26(2)34(46-39(52)35(27(3)4)47(8)9)42(54)48(10)36(28(5)6)43(55)50-23-16-20-33(50)41(53)49-22-15-19-32(49)37(56-11)29(7)38(51)45-31(40-44-21-24-57-40)25-30-17-13-12-14-18-30/h12-14,17-18,21,24,26-29,31-37H,15-16,19-20,22-23,25H2,1-11H3,(H,45,51)(H,46,52)/t29-,31+,32+,33+,34+,35+,36+,37-/m1/s1. The Hall–Kier alpha value is -3.88. The molecule has 5 amide bonds. The van der Waals surface area contributed by atoms with Crippen molar-refractivity contribution in [3.8, 4) is 0 Å². The fourth-order valence-electron chi connectivity index (χ4n) is 8.80. The highest BCUT2D eigenvalue weighted by molar-refractivity contribution is 7.09. The van der Waals surface area contributed by atoms with Crippen LogP contribution in [0.5, 0.6) is 0 Å². The first-order valence-electron chi connectivity index (χ1n) is 20.6. The normalized spacial score (nSPS) is 20.4. The molecule has 316 valence electrons. The highest BCUT2D eigenvalue weighted by Crippen LogP contribution is 2.32. The van der Waals surface area contributed by atoms with E-state index < -0.39 is 36.2 Å². The van der Waals surface area contributed by atoms with Gasteiger partial charge in [-0.1, -0.05) is 78.8 Å². The number of methoxy groups -OCH3 is 1. The second-order valence-electron chi connectivity index (χ2n) is 17.1. The molecule has 0 unspecified atom stereocenters. The molecule has 1 aromatic heterocycles. The number of likely N-dealkylation sites (N-methyl/N-ethyl adjacent to an activating group) is 2. The van der Waals surface area contributed by atoms with Crippen LogP contribution in [0, 0.1) is 23.7 Å². The largest absolute Gasteiger partial charge is 0.378 e. The molecule has 2 saturated heterocycles. The van der Waals surface area contributed by atoms with E-state index in [-0.39, 0.29) is 59.4 Å². The Morgan fingerprint density at radius 3 is 2.04 bits per heavy atom. The van der Waals surface area contributed by atoms with Crippen molar-refractivity contribution in [1.29, 1.82) is 0 Å². The third-order valence-electron chi connectivity index (χ3n) is 11.6. The molecule has 2 aromatic rings. The van der Waals surface area contributed by atoms with Crippen molar-refractivity contribution in [2.45, 2.75) is 123 Å². The maximum Gasteiger partial charge on any atom is 0.246 e. The van der Waals surface area contributed by atoms with Gasteiger partial charge in [-0.05, 0) is 69.5 Å². The van der Waals surface area contributed by atoms with E-state index in [1.54, 1.807) is 25.3 Å². The van der Waals surface area contributed by atoms with Crippen LogP contribution in [0.4, 0.5) is 0 Å². The van der Waals surface area contributed by atoms with E-state index in [2.05, 4.69) is 15.6 Å². The lowest BCUT2D eigenvalue weighted by atomic mass is 9.93. The minimum Gasteiger partial charge on any atom is -0.378 e. The van der Waals surface area contributed by atoms with Crippen LogP contribution in [0.25, 0.3) is 0 Å². The molecule has 2 N–H and O–H groups in total. The Morgan fingerprint density at radius 1 is 0.842 bits per heavy atom. The number of carbonyl (C=O) groups is 5. The number of rotatable bonds is 18. The van der Waals surface area contributed by atoms with Gasteiger partial charge >= 0.3 is 0 Å². The molecular weight excluding hydrogens is 743 g/mol. The average Bonchev–Trinajstić information content (AvgIpc) is 3.96. The minimum atomic E-state index is -0.842. The van der Waals surface area contributed by atoms with E-state index in [0.717, 1.165) is 17.0 Å². The Bertz CT molecular complexity index is 1630. The summed E-state index contributed by atoms with van der Waals surface area (Å²) >= 11 is 1.50. The molecule has 14 heteroatoms. The lowest BCUT2D eigenvalue weighted by Crippen LogP contribution is -2.61. The predicted molar refractivity (Wildman–Crippen MR) is 223 cm³/mol. The summed E-state index contributed by atoms with van der Waals surface area (Å²) in [6.45, 7) is 14.2. The number of benzene rings is 1. The number of thiazole rings is 1. The van der Waals surface area contributed by atoms with Gasteiger partial charge in [-0.3, -0.25) is 28.9 Å². The zero-order chi connectivity index (χ0) is 42.1. The molecule has 0 bridgehead atoms. The van der Waals surface area contributed by atoms with E-state index in [1.165, 1.54) is 16.2 Å². The van der Waals surface area contributed by atoms with Crippen LogP contribution in [0.2, 0.25) is 0 Å². The number of likely N-dealkylation sites (tertiary alicyclic amines) is 2. The van der Waals surface area contributed by atoms with Gasteiger partial charge in [0.2, 0.25) is 29.5 Å². The number of nitrogens with zero attached hydrogens (tertiary/aromatic N) is 5. The summed E-state index contributed by atoms with van der Waals surface area (Å²) in [7, 11) is 6.89. The van der Waals surface area contributed by atoms with E-state index in [4.69, 9.17) is 4.74 Å². The molecule has 0 spiro atoms. The zero-order valence-electron chi connectivity index (χ0n) is 35.9. The van der Waals surface area contributed by atoms with Crippen molar-refractivity contribution in [3.63, 3.8) is 0 Å². The molecule has 1 aromatic carbocycles. The Morgan fingerprint density at radius 2 is 1.47 bits per heavy atom. The zero-order valence-corrected chi connectivity index (χ0v) is 36.8. The smallest absolute Gasteiger partial charge is 0.246 e. The fourth-order valence-corrected chi connectivity index (χ4v) is 9.49. The van der Waals surface area contributed by atoms with Crippen molar-refractivity contribution in [1.82, 2.24) is 35.2 Å². The first-order chi connectivity index (χ1) is 27.0. The Labute approximate surface area is 344 Å². The lowest BCUT2D eigenvalue weighted by molar-refractivity contribution is -0.154. The molecule has 4 rings (SSSR count). The molecular formula is C43H67N7O6S. The molecule has 57 heavy (non-hydrogen) atoms. The summed E-state index contributed by atoms with van der Waals surface area (Å²) in [6, 6.07) is 6.51. The fraction of sp³-hybridized carbons (Fsp3) is 0.674. The molecule has 2 aliphatic heterocycles. The number of hydrogen-bond donors (Lipinski definition) is 2. The number of hydrogen-bond acceptors (Lipinski definition) is 9. The molecule has 0 radical (unpaired) electrons. The maximum atomic E-state index is 14.5. The van der Waals surface area contributed by atoms with Crippen LogP contribution in [0.3, 0.4) is 0 Å². The minimum absolute atomic E-state index is 0.0243. The molecule has 8 atom stereocenters. The van der Waals surface area contributed by atoms with Crippen molar-refractivity contribution in [2.24, 2.45) is 23.7 Å². The quantitative estimate of drug-likeness (QED) is 0.226. The molecule has 0 saturated carbocycles. The van der Waals surface area contributed by atoms with Gasteiger partial charge in [0.25, 0.3) is 0 Å².